The Labute approximate surface area is 107 Å². The number of hydrogen-bond donors (Lipinski definition) is 1. The van der Waals surface area contributed by atoms with E-state index in [2.05, 4.69) is 26.1 Å². The van der Waals surface area contributed by atoms with Gasteiger partial charge in [0.05, 0.1) is 29.3 Å². The summed E-state index contributed by atoms with van der Waals surface area (Å²) in [6, 6.07) is 5.47. The van der Waals surface area contributed by atoms with E-state index in [-0.39, 0.29) is 11.1 Å². The zero-order valence-corrected chi connectivity index (χ0v) is 9.95. The quantitative estimate of drug-likeness (QED) is 0.683. The fourth-order valence-corrected chi connectivity index (χ4v) is 1.86. The average molecular weight is 252 g/mol. The van der Waals surface area contributed by atoms with Gasteiger partial charge in [0.1, 0.15) is 11.8 Å². The summed E-state index contributed by atoms with van der Waals surface area (Å²) < 4.78 is 1.47. The molecule has 0 aliphatic carbocycles. The van der Waals surface area contributed by atoms with Gasteiger partial charge in [0.25, 0.3) is 5.56 Å². The van der Waals surface area contributed by atoms with Crippen molar-refractivity contribution in [2.45, 2.75) is 0 Å². The van der Waals surface area contributed by atoms with Crippen LogP contribution < -0.4 is 5.56 Å². The number of fused-ring (bicyclic) bond motifs is 1. The van der Waals surface area contributed by atoms with Crippen molar-refractivity contribution in [3.63, 3.8) is 0 Å². The lowest BCUT2D eigenvalue weighted by atomic mass is 10.1. The Balaban J connectivity index is 2.30. The lowest BCUT2D eigenvalue weighted by molar-refractivity contribution is 0.756. The summed E-state index contributed by atoms with van der Waals surface area (Å²) in [6.45, 7) is 0. The van der Waals surface area contributed by atoms with Crippen LogP contribution >= 0.6 is 0 Å². The number of aromatic amines is 1. The second-order valence-corrected chi connectivity index (χ2v) is 3.94. The molecule has 0 atom stereocenters. The highest BCUT2D eigenvalue weighted by Gasteiger charge is 2.12. The standard InChI is InChI=1S/C12H8N6O/c1-18-10(4-13)7(5-16-18)8-2-3-9-11(17-8)12(19)15-6-14-9/h2-3,5-6H,1H3,(H,14,15,19). The van der Waals surface area contributed by atoms with Gasteiger partial charge in [0.2, 0.25) is 0 Å². The van der Waals surface area contributed by atoms with Gasteiger partial charge in [-0.15, -0.1) is 0 Å². The largest absolute Gasteiger partial charge is 0.311 e. The second-order valence-electron chi connectivity index (χ2n) is 3.94. The minimum atomic E-state index is -0.311. The van der Waals surface area contributed by atoms with Crippen molar-refractivity contribution < 1.29 is 0 Å². The highest BCUT2D eigenvalue weighted by Crippen LogP contribution is 2.21. The summed E-state index contributed by atoms with van der Waals surface area (Å²) in [5.41, 5.74) is 1.95. The molecule has 0 bridgehead atoms. The highest BCUT2D eigenvalue weighted by molar-refractivity contribution is 5.77. The molecular weight excluding hydrogens is 244 g/mol. The first kappa shape index (κ1) is 11.1. The summed E-state index contributed by atoms with van der Waals surface area (Å²) in [5.74, 6) is 0. The van der Waals surface area contributed by atoms with Crippen molar-refractivity contribution in [2.75, 3.05) is 0 Å². The van der Waals surface area contributed by atoms with Crippen LogP contribution in [0.5, 0.6) is 0 Å². The summed E-state index contributed by atoms with van der Waals surface area (Å²) in [7, 11) is 1.68. The van der Waals surface area contributed by atoms with E-state index in [1.54, 1.807) is 25.4 Å². The molecule has 3 rings (SSSR count). The average Bonchev–Trinajstić information content (AvgIpc) is 2.80. The molecule has 3 aromatic heterocycles. The van der Waals surface area contributed by atoms with E-state index in [0.29, 0.717) is 22.5 Å². The monoisotopic (exact) mass is 252 g/mol. The Morgan fingerprint density at radius 3 is 3.05 bits per heavy atom. The lowest BCUT2D eigenvalue weighted by Gasteiger charge is -2.00. The molecule has 0 fully saturated rings. The Bertz CT molecular complexity index is 870. The number of rotatable bonds is 1. The van der Waals surface area contributed by atoms with E-state index >= 15 is 0 Å². The minimum Gasteiger partial charge on any atom is -0.311 e. The van der Waals surface area contributed by atoms with Crippen LogP contribution in [0.25, 0.3) is 22.3 Å². The smallest absolute Gasteiger partial charge is 0.277 e. The van der Waals surface area contributed by atoms with Gasteiger partial charge < -0.3 is 4.98 Å². The van der Waals surface area contributed by atoms with Crippen LogP contribution in [0, 0.1) is 11.3 Å². The van der Waals surface area contributed by atoms with Crippen LogP contribution in [0.4, 0.5) is 0 Å². The van der Waals surface area contributed by atoms with Gasteiger partial charge in [0.15, 0.2) is 5.52 Å². The maximum atomic E-state index is 11.7. The number of nitrogens with zero attached hydrogens (tertiary/aromatic N) is 5. The van der Waals surface area contributed by atoms with Crippen LogP contribution in [-0.4, -0.2) is 24.7 Å². The molecule has 0 aromatic carbocycles. The number of hydrogen-bond acceptors (Lipinski definition) is 5. The molecule has 0 radical (unpaired) electrons. The number of nitriles is 1. The second kappa shape index (κ2) is 4.03. The van der Waals surface area contributed by atoms with Gasteiger partial charge in [-0.05, 0) is 12.1 Å². The first-order chi connectivity index (χ1) is 9.20. The SMILES string of the molecule is Cn1ncc(-c2ccc3nc[nH]c(=O)c3n2)c1C#N. The van der Waals surface area contributed by atoms with Crippen molar-refractivity contribution in [2.24, 2.45) is 7.05 Å². The van der Waals surface area contributed by atoms with E-state index < -0.39 is 0 Å². The molecule has 3 heterocycles. The van der Waals surface area contributed by atoms with Gasteiger partial charge in [-0.3, -0.25) is 9.48 Å². The Morgan fingerprint density at radius 2 is 2.26 bits per heavy atom. The number of aromatic nitrogens is 5. The van der Waals surface area contributed by atoms with Crippen molar-refractivity contribution >= 4 is 11.0 Å². The van der Waals surface area contributed by atoms with Crippen LogP contribution in [0.15, 0.2) is 29.5 Å². The Hall–Kier alpha value is -3.01. The molecule has 7 nitrogen and oxygen atoms in total. The lowest BCUT2D eigenvalue weighted by Crippen LogP contribution is -2.08. The molecule has 0 aliphatic heterocycles. The highest BCUT2D eigenvalue weighted by atomic mass is 16.1. The van der Waals surface area contributed by atoms with Crippen LogP contribution in [-0.2, 0) is 7.05 Å². The van der Waals surface area contributed by atoms with Crippen LogP contribution in [0.2, 0.25) is 0 Å². The normalized spacial score (nSPS) is 10.5. The zero-order chi connectivity index (χ0) is 13.4. The minimum absolute atomic E-state index is 0.243. The maximum Gasteiger partial charge on any atom is 0.277 e. The predicted octanol–water partition coefficient (Wildman–Crippen LogP) is 0.590. The Kier molecular flexibility index (Phi) is 2.35. The van der Waals surface area contributed by atoms with E-state index in [9.17, 15) is 4.79 Å². The molecule has 1 N–H and O–H groups in total. The fraction of sp³-hybridized carbons (Fsp3) is 0.0833. The van der Waals surface area contributed by atoms with Crippen LogP contribution in [0.3, 0.4) is 0 Å². The molecule has 0 unspecified atom stereocenters. The summed E-state index contributed by atoms with van der Waals surface area (Å²) in [6.07, 6.45) is 2.88. The predicted molar refractivity (Wildman–Crippen MR) is 67.1 cm³/mol. The zero-order valence-electron chi connectivity index (χ0n) is 9.95. The molecule has 19 heavy (non-hydrogen) atoms. The van der Waals surface area contributed by atoms with Gasteiger partial charge in [0, 0.05) is 7.05 Å². The van der Waals surface area contributed by atoms with Crippen LogP contribution in [0.1, 0.15) is 5.69 Å². The topological polar surface area (TPSA) is 100 Å². The molecule has 0 aliphatic rings. The number of nitrogens with one attached hydrogen (secondary N) is 1. The van der Waals surface area contributed by atoms with Crippen molar-refractivity contribution in [3.8, 4) is 17.3 Å². The van der Waals surface area contributed by atoms with E-state index in [1.165, 1.54) is 11.0 Å². The maximum absolute atomic E-state index is 11.7. The summed E-state index contributed by atoms with van der Waals surface area (Å²) in [4.78, 5) is 22.4. The third kappa shape index (κ3) is 1.66. The first-order valence-electron chi connectivity index (χ1n) is 5.47. The number of H-pyrrole nitrogens is 1. The molecular formula is C12H8N6O. The number of pyridine rings is 1. The van der Waals surface area contributed by atoms with E-state index in [0.717, 1.165) is 0 Å². The van der Waals surface area contributed by atoms with E-state index in [4.69, 9.17) is 5.26 Å². The third-order valence-electron chi connectivity index (χ3n) is 2.81. The molecule has 0 amide bonds. The third-order valence-corrected chi connectivity index (χ3v) is 2.81. The number of aryl methyl sites for hydroxylation is 1. The van der Waals surface area contributed by atoms with E-state index in [1.807, 2.05) is 0 Å². The van der Waals surface area contributed by atoms with Crippen molar-refractivity contribution in [1.29, 1.82) is 5.26 Å². The molecule has 0 saturated heterocycles. The molecule has 92 valence electrons. The molecule has 0 saturated carbocycles. The van der Waals surface area contributed by atoms with Gasteiger partial charge in [-0.25, -0.2) is 9.97 Å². The molecule has 0 spiro atoms. The molecule has 3 aromatic rings. The fourth-order valence-electron chi connectivity index (χ4n) is 1.86. The Morgan fingerprint density at radius 1 is 1.42 bits per heavy atom. The van der Waals surface area contributed by atoms with Crippen molar-refractivity contribution in [3.05, 3.63) is 40.7 Å². The van der Waals surface area contributed by atoms with Crippen molar-refractivity contribution in [1.82, 2.24) is 24.7 Å². The summed E-state index contributed by atoms with van der Waals surface area (Å²) in [5, 5.41) is 13.1. The first-order valence-corrected chi connectivity index (χ1v) is 5.47. The molecule has 7 heteroatoms. The van der Waals surface area contributed by atoms with Gasteiger partial charge in [-0.2, -0.15) is 10.4 Å². The van der Waals surface area contributed by atoms with Gasteiger partial charge in [-0.1, -0.05) is 0 Å². The summed E-state index contributed by atoms with van der Waals surface area (Å²) >= 11 is 0. The van der Waals surface area contributed by atoms with Gasteiger partial charge >= 0.3 is 0 Å².